The Morgan fingerprint density at radius 3 is 1.17 bits per heavy atom. The average Bonchev–Trinajstić information content (AvgIpc) is 3.35. The molecule has 6 N–H and O–H groups in total. The van der Waals surface area contributed by atoms with E-state index in [1.807, 2.05) is 6.08 Å². The Morgan fingerprint density at radius 2 is 0.812 bits per heavy atom. The molecule has 1 amide bonds. The first-order valence-electron chi connectivity index (χ1n) is 30.1. The summed E-state index contributed by atoms with van der Waals surface area (Å²) in [7, 11) is 0. The zero-order chi connectivity index (χ0) is 50.1. The molecule has 1 aliphatic rings. The smallest absolute Gasteiger partial charge is 0.220 e. The molecule has 7 atom stereocenters. The van der Waals surface area contributed by atoms with Gasteiger partial charge in [0, 0.05) is 6.42 Å². The molecule has 7 unspecified atom stereocenters. The van der Waals surface area contributed by atoms with Crippen molar-refractivity contribution in [3.8, 4) is 0 Å². The molecule has 1 rings (SSSR count). The number of allylic oxidation sites excluding steroid dienone is 3. The van der Waals surface area contributed by atoms with E-state index in [9.17, 15) is 30.3 Å². The average molecular weight is 979 g/mol. The predicted octanol–water partition coefficient (Wildman–Crippen LogP) is 15.0. The van der Waals surface area contributed by atoms with Crippen molar-refractivity contribution in [3.63, 3.8) is 0 Å². The summed E-state index contributed by atoms with van der Waals surface area (Å²) in [5.41, 5.74) is 0. The van der Waals surface area contributed by atoms with Gasteiger partial charge in [0.05, 0.1) is 25.4 Å². The third-order valence-electron chi connectivity index (χ3n) is 14.5. The minimum Gasteiger partial charge on any atom is -0.394 e. The molecule has 9 heteroatoms. The number of amides is 1. The normalized spacial score (nSPS) is 19.6. The van der Waals surface area contributed by atoms with E-state index in [1.165, 1.54) is 238 Å². The Balaban J connectivity index is 2.05. The third-order valence-corrected chi connectivity index (χ3v) is 14.5. The lowest BCUT2D eigenvalue weighted by Gasteiger charge is -2.40. The number of nitrogens with one attached hydrogen (secondary N) is 1. The highest BCUT2D eigenvalue weighted by Gasteiger charge is 2.44. The number of aliphatic hydroxyl groups excluding tert-OH is 5. The quantitative estimate of drug-likeness (QED) is 0.0261. The lowest BCUT2D eigenvalue weighted by molar-refractivity contribution is -0.302. The Kier molecular flexibility index (Phi) is 47.8. The number of carbonyl (C=O) groups is 1. The molecule has 0 aromatic heterocycles. The van der Waals surface area contributed by atoms with E-state index in [2.05, 4.69) is 31.3 Å². The van der Waals surface area contributed by atoms with Crippen LogP contribution in [0.3, 0.4) is 0 Å². The van der Waals surface area contributed by atoms with Crippen LogP contribution in [0.4, 0.5) is 0 Å². The summed E-state index contributed by atoms with van der Waals surface area (Å²) in [6.07, 6.45) is 57.1. The summed E-state index contributed by atoms with van der Waals surface area (Å²) in [6.45, 7) is 3.79. The van der Waals surface area contributed by atoms with Crippen molar-refractivity contribution in [2.45, 2.75) is 339 Å². The number of aliphatic hydroxyl groups is 5. The van der Waals surface area contributed by atoms with Gasteiger partial charge in [0.2, 0.25) is 5.91 Å². The van der Waals surface area contributed by atoms with Crippen LogP contribution in [0.1, 0.15) is 296 Å². The molecule has 1 fully saturated rings. The zero-order valence-electron chi connectivity index (χ0n) is 45.3. The molecular weight excluding hydrogens is 863 g/mol. The lowest BCUT2D eigenvalue weighted by Crippen LogP contribution is -2.60. The highest BCUT2D eigenvalue weighted by atomic mass is 16.7. The fourth-order valence-electron chi connectivity index (χ4n) is 9.74. The molecule has 0 radical (unpaired) electrons. The van der Waals surface area contributed by atoms with Gasteiger partial charge in [0.25, 0.3) is 0 Å². The first kappa shape index (κ1) is 65.7. The first-order chi connectivity index (χ1) is 33.8. The van der Waals surface area contributed by atoms with Crippen LogP contribution in [0.15, 0.2) is 24.3 Å². The van der Waals surface area contributed by atoms with E-state index in [0.29, 0.717) is 6.42 Å². The van der Waals surface area contributed by atoms with Gasteiger partial charge in [-0.25, -0.2) is 0 Å². The van der Waals surface area contributed by atoms with Crippen LogP contribution in [-0.4, -0.2) is 87.5 Å². The summed E-state index contributed by atoms with van der Waals surface area (Å²) in [5, 5.41) is 54.3. The number of hydrogen-bond acceptors (Lipinski definition) is 8. The molecule has 0 spiro atoms. The van der Waals surface area contributed by atoms with Crippen molar-refractivity contribution < 1.29 is 39.8 Å². The zero-order valence-corrected chi connectivity index (χ0v) is 45.3. The molecular formula is C60H115NO8. The molecule has 1 aliphatic heterocycles. The fourth-order valence-corrected chi connectivity index (χ4v) is 9.74. The predicted molar refractivity (Wildman–Crippen MR) is 290 cm³/mol. The minimum atomic E-state index is -1.56. The van der Waals surface area contributed by atoms with E-state index in [4.69, 9.17) is 9.47 Å². The second-order valence-corrected chi connectivity index (χ2v) is 21.1. The fraction of sp³-hybridized carbons (Fsp3) is 0.917. The van der Waals surface area contributed by atoms with Gasteiger partial charge in [-0.2, -0.15) is 0 Å². The van der Waals surface area contributed by atoms with Crippen LogP contribution in [0.25, 0.3) is 0 Å². The van der Waals surface area contributed by atoms with Crippen molar-refractivity contribution in [3.05, 3.63) is 24.3 Å². The van der Waals surface area contributed by atoms with E-state index in [0.717, 1.165) is 38.5 Å². The van der Waals surface area contributed by atoms with Crippen molar-refractivity contribution in [2.24, 2.45) is 0 Å². The Morgan fingerprint density at radius 1 is 0.478 bits per heavy atom. The van der Waals surface area contributed by atoms with E-state index >= 15 is 0 Å². The van der Waals surface area contributed by atoms with Gasteiger partial charge in [0.15, 0.2) is 6.29 Å². The second kappa shape index (κ2) is 50.2. The lowest BCUT2D eigenvalue weighted by atomic mass is 9.99. The van der Waals surface area contributed by atoms with Crippen LogP contribution in [0.2, 0.25) is 0 Å². The summed E-state index contributed by atoms with van der Waals surface area (Å²) in [4.78, 5) is 13.0. The van der Waals surface area contributed by atoms with Gasteiger partial charge in [-0.15, -0.1) is 0 Å². The van der Waals surface area contributed by atoms with Crippen molar-refractivity contribution in [2.75, 3.05) is 13.2 Å². The van der Waals surface area contributed by atoms with Gasteiger partial charge in [-0.1, -0.05) is 269 Å². The van der Waals surface area contributed by atoms with Gasteiger partial charge < -0.3 is 40.3 Å². The number of carbonyl (C=O) groups excluding carboxylic acids is 1. The van der Waals surface area contributed by atoms with Crippen LogP contribution < -0.4 is 5.32 Å². The Hall–Kier alpha value is -1.33. The standard InChI is InChI=1S/C60H115NO8/c1-3-5-7-9-11-13-15-16-17-18-19-20-21-22-23-24-25-26-27-28-29-30-31-32-33-34-35-36-37-38-40-42-44-46-48-50-56(64)61-53(52-68-60-59(67)58(66)57(65)55(51-62)69-60)54(63)49-47-45-43-41-39-14-12-10-8-6-4-2/h24-25,47,49,53-55,57-60,62-63,65-67H,3-23,26-46,48,50-52H2,1-2H3,(H,61,64)/b25-24-,49-47+. The molecule has 408 valence electrons. The summed E-state index contributed by atoms with van der Waals surface area (Å²) in [5.74, 6) is -0.174. The highest BCUT2D eigenvalue weighted by molar-refractivity contribution is 5.76. The molecule has 9 nitrogen and oxygen atoms in total. The minimum absolute atomic E-state index is 0.174. The van der Waals surface area contributed by atoms with Crippen molar-refractivity contribution in [1.29, 1.82) is 0 Å². The SMILES string of the molecule is CCCCCCCCCCC/C=C/C(O)C(COC1OC(CO)C(O)C(O)C1O)NC(=O)CCCCCCCCCCCCCCCCCCC/C=C\CCCCCCCCCCCCCCCC. The van der Waals surface area contributed by atoms with Crippen LogP contribution in [0.5, 0.6) is 0 Å². The van der Waals surface area contributed by atoms with E-state index in [-0.39, 0.29) is 12.5 Å². The largest absolute Gasteiger partial charge is 0.394 e. The molecule has 1 saturated heterocycles. The summed E-state index contributed by atoms with van der Waals surface area (Å²) >= 11 is 0. The van der Waals surface area contributed by atoms with Crippen molar-refractivity contribution >= 4 is 5.91 Å². The maximum Gasteiger partial charge on any atom is 0.220 e. The monoisotopic (exact) mass is 978 g/mol. The van der Waals surface area contributed by atoms with Crippen molar-refractivity contribution in [1.82, 2.24) is 5.32 Å². The summed E-state index contributed by atoms with van der Waals surface area (Å²) < 4.78 is 11.2. The van der Waals surface area contributed by atoms with Crippen LogP contribution >= 0.6 is 0 Å². The summed E-state index contributed by atoms with van der Waals surface area (Å²) in [6, 6.07) is -0.801. The maximum atomic E-state index is 13.0. The third kappa shape index (κ3) is 39.8. The number of hydrogen-bond donors (Lipinski definition) is 6. The number of unbranched alkanes of at least 4 members (excludes halogenated alkanes) is 40. The van der Waals surface area contributed by atoms with E-state index < -0.39 is 49.5 Å². The first-order valence-corrected chi connectivity index (χ1v) is 30.1. The van der Waals surface area contributed by atoms with Gasteiger partial charge in [-0.05, 0) is 44.9 Å². The molecule has 0 bridgehead atoms. The highest BCUT2D eigenvalue weighted by Crippen LogP contribution is 2.23. The van der Waals surface area contributed by atoms with Gasteiger partial charge >= 0.3 is 0 Å². The molecule has 0 saturated carbocycles. The second-order valence-electron chi connectivity index (χ2n) is 21.1. The van der Waals surface area contributed by atoms with Crippen LogP contribution in [-0.2, 0) is 14.3 Å². The van der Waals surface area contributed by atoms with E-state index in [1.54, 1.807) is 6.08 Å². The molecule has 0 aliphatic carbocycles. The van der Waals surface area contributed by atoms with Crippen LogP contribution in [0, 0.1) is 0 Å². The van der Waals surface area contributed by atoms with Gasteiger partial charge in [0.1, 0.15) is 24.4 Å². The Bertz CT molecular complexity index is 1130. The van der Waals surface area contributed by atoms with Gasteiger partial charge in [-0.3, -0.25) is 4.79 Å². The molecule has 1 heterocycles. The Labute approximate surface area is 426 Å². The molecule has 0 aromatic carbocycles. The molecule has 0 aromatic rings. The number of ether oxygens (including phenoxy) is 2. The topological polar surface area (TPSA) is 149 Å². The maximum absolute atomic E-state index is 13.0. The number of rotatable bonds is 52. The molecule has 69 heavy (non-hydrogen) atoms.